The van der Waals surface area contributed by atoms with Gasteiger partial charge in [-0.05, 0) is 11.1 Å². The number of aliphatic hydroxyl groups excluding tert-OH is 1. The maximum atomic E-state index is 11.7. The van der Waals surface area contributed by atoms with E-state index in [9.17, 15) is 14.7 Å². The molecule has 1 fully saturated rings. The number of rotatable bonds is 9. The average Bonchev–Trinajstić information content (AvgIpc) is 2.82. The molecule has 1 heterocycles. The molecule has 0 aliphatic carbocycles. The zero-order valence-corrected chi connectivity index (χ0v) is 17.8. The average molecular weight is 446 g/mol. The molecule has 172 valence electrons. The summed E-state index contributed by atoms with van der Waals surface area (Å²) < 4.78 is 44.4. The monoisotopic (exact) mass is 446 g/mol. The second-order valence-corrected chi connectivity index (χ2v) is 7.20. The van der Waals surface area contributed by atoms with E-state index in [0.29, 0.717) is 11.1 Å². The predicted octanol–water partition coefficient (Wildman–Crippen LogP) is 2.37. The quantitative estimate of drug-likeness (QED) is 0.586. The fraction of sp³-hybridized carbons (Fsp3) is 0.417. The summed E-state index contributed by atoms with van der Waals surface area (Å²) in [4.78, 5) is 23.1. The van der Waals surface area contributed by atoms with E-state index < -0.39 is 55.8 Å². The Morgan fingerprint density at radius 2 is 1.44 bits per heavy atom. The van der Waals surface area contributed by atoms with Crippen LogP contribution in [0.2, 0.25) is 0 Å². The third-order valence-corrected chi connectivity index (χ3v) is 4.67. The van der Waals surface area contributed by atoms with Gasteiger partial charge in [-0.2, -0.15) is 0 Å². The van der Waals surface area contributed by atoms with Crippen LogP contribution in [0.25, 0.3) is 0 Å². The Balaban J connectivity index is 1.86. The molecule has 0 spiro atoms. The molecule has 3 rings (SSSR count). The molecule has 2 aromatic carbocycles. The van der Waals surface area contributed by atoms with Crippen LogP contribution >= 0.6 is 0 Å². The third kappa shape index (κ3) is 6.86. The highest BCUT2D eigenvalue weighted by atomic mass is 16.7. The van der Waals surface area contributed by atoms with Gasteiger partial charge in [-0.15, -0.1) is 0 Å². The van der Waals surface area contributed by atoms with Gasteiger partial charge in [0.2, 0.25) is 6.29 Å². The van der Waals surface area contributed by atoms with Crippen molar-refractivity contribution in [1.82, 2.24) is 0 Å². The molecule has 1 saturated heterocycles. The fourth-order valence-electron chi connectivity index (χ4n) is 3.18. The van der Waals surface area contributed by atoms with E-state index in [1.807, 2.05) is 0 Å². The smallest absolute Gasteiger partial charge is 0.305 e. The van der Waals surface area contributed by atoms with Crippen LogP contribution in [-0.2, 0) is 46.4 Å². The molecule has 1 N–H and O–H groups in total. The number of carbonyl (C=O) groups is 2. The number of esters is 2. The van der Waals surface area contributed by atoms with Crippen molar-refractivity contribution in [2.75, 3.05) is 6.61 Å². The van der Waals surface area contributed by atoms with Crippen molar-refractivity contribution in [3.05, 3.63) is 71.8 Å². The normalized spacial score (nSPS) is 28.0. The SMILES string of the molecule is [2H]C(O[C@H]1[C@H](O)[C@H](OC([2H])c2ccccc2)C(OC(C)=O)O[C@@H]1COC(C)=O)c1ccccc1. The first-order chi connectivity index (χ1) is 16.3. The summed E-state index contributed by atoms with van der Waals surface area (Å²) in [6.07, 6.45) is -6.45. The number of aliphatic hydroxyl groups is 1. The molecule has 32 heavy (non-hydrogen) atoms. The van der Waals surface area contributed by atoms with Crippen molar-refractivity contribution in [2.45, 2.75) is 57.7 Å². The molecular formula is C24H28O8. The lowest BCUT2D eigenvalue weighted by atomic mass is 9.98. The van der Waals surface area contributed by atoms with Gasteiger partial charge < -0.3 is 28.8 Å². The maximum absolute atomic E-state index is 11.7. The van der Waals surface area contributed by atoms with Gasteiger partial charge in [0.25, 0.3) is 0 Å². The minimum atomic E-state index is -1.48. The van der Waals surface area contributed by atoms with Crippen LogP contribution in [0.3, 0.4) is 0 Å². The molecule has 0 saturated carbocycles. The van der Waals surface area contributed by atoms with Crippen molar-refractivity contribution in [3.8, 4) is 0 Å². The van der Waals surface area contributed by atoms with E-state index in [4.69, 9.17) is 26.4 Å². The first-order valence-corrected chi connectivity index (χ1v) is 10.2. The molecular weight excluding hydrogens is 416 g/mol. The Morgan fingerprint density at radius 1 is 0.906 bits per heavy atom. The highest BCUT2D eigenvalue weighted by Crippen LogP contribution is 2.28. The van der Waals surface area contributed by atoms with Gasteiger partial charge in [0.15, 0.2) is 0 Å². The van der Waals surface area contributed by atoms with E-state index >= 15 is 0 Å². The maximum Gasteiger partial charge on any atom is 0.305 e. The van der Waals surface area contributed by atoms with Gasteiger partial charge in [0.1, 0.15) is 31.0 Å². The molecule has 0 amide bonds. The zero-order chi connectivity index (χ0) is 24.7. The molecule has 0 aromatic heterocycles. The summed E-state index contributed by atoms with van der Waals surface area (Å²) in [6.45, 7) is -0.357. The molecule has 1 aliphatic rings. The summed E-state index contributed by atoms with van der Waals surface area (Å²) in [5, 5.41) is 11.2. The molecule has 8 nitrogen and oxygen atoms in total. The molecule has 7 atom stereocenters. The summed E-state index contributed by atoms with van der Waals surface area (Å²) in [5.41, 5.74) is 1.04. The summed E-state index contributed by atoms with van der Waals surface area (Å²) in [5.74, 6) is -1.28. The van der Waals surface area contributed by atoms with Crippen molar-refractivity contribution in [1.29, 1.82) is 0 Å². The van der Waals surface area contributed by atoms with Gasteiger partial charge >= 0.3 is 11.9 Å². The van der Waals surface area contributed by atoms with E-state index in [1.54, 1.807) is 60.7 Å². The lowest BCUT2D eigenvalue weighted by molar-refractivity contribution is -0.310. The standard InChI is InChI=1S/C24H28O8/c1-16(25)28-15-20-22(29-13-18-9-5-3-6-10-18)21(27)23(24(32-20)31-17(2)26)30-14-19-11-7-4-8-12-19/h3-12,20-24,27H,13-15H2,1-2H3/t20-,21+,22-,23+,24?/m1/s1/i13D,14D/t13?,14?,20-,21+,22-,23+,24?. The number of ether oxygens (including phenoxy) is 5. The van der Waals surface area contributed by atoms with Gasteiger partial charge in [-0.3, -0.25) is 9.59 Å². The van der Waals surface area contributed by atoms with Crippen LogP contribution < -0.4 is 0 Å². The predicted molar refractivity (Wildman–Crippen MR) is 113 cm³/mol. The number of carbonyl (C=O) groups excluding carboxylic acids is 2. The van der Waals surface area contributed by atoms with Crippen molar-refractivity contribution in [3.63, 3.8) is 0 Å². The number of benzene rings is 2. The van der Waals surface area contributed by atoms with Crippen LogP contribution in [0.1, 0.15) is 27.7 Å². The summed E-state index contributed by atoms with van der Waals surface area (Å²) >= 11 is 0. The first kappa shape index (κ1) is 21.1. The topological polar surface area (TPSA) is 101 Å². The van der Waals surface area contributed by atoms with Crippen molar-refractivity contribution in [2.24, 2.45) is 0 Å². The molecule has 0 radical (unpaired) electrons. The van der Waals surface area contributed by atoms with Crippen LogP contribution in [-0.4, -0.2) is 54.4 Å². The fourth-order valence-corrected chi connectivity index (χ4v) is 3.18. The third-order valence-electron chi connectivity index (χ3n) is 4.67. The molecule has 0 bridgehead atoms. The minimum absolute atomic E-state index is 0.313. The van der Waals surface area contributed by atoms with E-state index in [1.165, 1.54) is 13.8 Å². The number of hydrogen-bond donors (Lipinski definition) is 1. The number of hydrogen-bond acceptors (Lipinski definition) is 8. The van der Waals surface area contributed by atoms with Crippen molar-refractivity contribution < 1.29 is 41.1 Å². The van der Waals surface area contributed by atoms with Crippen LogP contribution in [0, 0.1) is 0 Å². The van der Waals surface area contributed by atoms with Gasteiger partial charge in [0, 0.05) is 13.8 Å². The van der Waals surface area contributed by atoms with E-state index in [-0.39, 0.29) is 6.61 Å². The second-order valence-electron chi connectivity index (χ2n) is 7.20. The van der Waals surface area contributed by atoms with Crippen LogP contribution in [0.4, 0.5) is 0 Å². The van der Waals surface area contributed by atoms with E-state index in [0.717, 1.165) is 0 Å². The highest BCUT2D eigenvalue weighted by molar-refractivity contribution is 5.66. The Labute approximate surface area is 189 Å². The lowest BCUT2D eigenvalue weighted by Crippen LogP contribution is -2.61. The molecule has 3 unspecified atom stereocenters. The summed E-state index contributed by atoms with van der Waals surface area (Å²) in [7, 11) is 0. The van der Waals surface area contributed by atoms with Crippen LogP contribution in [0.15, 0.2) is 60.7 Å². The van der Waals surface area contributed by atoms with Crippen molar-refractivity contribution >= 4 is 11.9 Å². The van der Waals surface area contributed by atoms with Gasteiger partial charge in [0.05, 0.1) is 15.9 Å². The largest absolute Gasteiger partial charge is 0.463 e. The Hall–Kier alpha value is -2.78. The van der Waals surface area contributed by atoms with E-state index in [2.05, 4.69) is 0 Å². The lowest BCUT2D eigenvalue weighted by Gasteiger charge is -2.43. The molecule has 8 heteroatoms. The van der Waals surface area contributed by atoms with Gasteiger partial charge in [-0.1, -0.05) is 60.7 Å². The minimum Gasteiger partial charge on any atom is -0.463 e. The molecule has 1 aliphatic heterocycles. The highest BCUT2D eigenvalue weighted by Gasteiger charge is 2.48. The Kier molecular flexibility index (Phi) is 7.73. The van der Waals surface area contributed by atoms with Gasteiger partial charge in [-0.25, -0.2) is 0 Å². The van der Waals surface area contributed by atoms with Crippen LogP contribution in [0.5, 0.6) is 0 Å². The summed E-state index contributed by atoms with van der Waals surface area (Å²) in [6, 6.07) is 17.3. The zero-order valence-electron chi connectivity index (χ0n) is 19.8. The Morgan fingerprint density at radius 3 is 1.94 bits per heavy atom. The first-order valence-electron chi connectivity index (χ1n) is 11.3. The Bertz CT molecular complexity index is 929. The second kappa shape index (κ2) is 11.7. The molecule has 2 aromatic rings.